The Bertz CT molecular complexity index is 921. The maximum absolute atomic E-state index is 12.0. The molecule has 1 N–H and O–H groups in total. The first kappa shape index (κ1) is 21.5. The van der Waals surface area contributed by atoms with E-state index in [2.05, 4.69) is 10.1 Å². The second-order valence-corrected chi connectivity index (χ2v) is 5.63. The Hall–Kier alpha value is -3.81. The molecule has 152 valence electrons. The summed E-state index contributed by atoms with van der Waals surface area (Å²) in [6, 6.07) is 11.5. The quantitative estimate of drug-likeness (QED) is 0.538. The van der Waals surface area contributed by atoms with Crippen LogP contribution in [0.25, 0.3) is 6.08 Å². The lowest BCUT2D eigenvalue weighted by Gasteiger charge is -2.09. The van der Waals surface area contributed by atoms with Crippen LogP contribution in [0, 0.1) is 0 Å². The Kier molecular flexibility index (Phi) is 7.78. The van der Waals surface area contributed by atoms with E-state index in [1.54, 1.807) is 36.4 Å². The van der Waals surface area contributed by atoms with Gasteiger partial charge >= 0.3 is 11.9 Å². The van der Waals surface area contributed by atoms with E-state index in [1.165, 1.54) is 39.5 Å². The van der Waals surface area contributed by atoms with Crippen LogP contribution in [0.15, 0.2) is 48.5 Å². The molecular weight excluding hydrogens is 378 g/mol. The van der Waals surface area contributed by atoms with Crippen LogP contribution in [0.3, 0.4) is 0 Å². The van der Waals surface area contributed by atoms with E-state index in [1.807, 2.05) is 0 Å². The number of rotatable bonds is 8. The van der Waals surface area contributed by atoms with Gasteiger partial charge in [-0.2, -0.15) is 0 Å². The van der Waals surface area contributed by atoms with Gasteiger partial charge in [-0.05, 0) is 36.4 Å². The number of carbonyl (C=O) groups excluding carboxylic acids is 3. The number of ether oxygens (including phenoxy) is 4. The zero-order chi connectivity index (χ0) is 21.2. The summed E-state index contributed by atoms with van der Waals surface area (Å²) in [7, 11) is 4.28. The highest BCUT2D eigenvalue weighted by atomic mass is 16.5. The molecular formula is C21H21NO7. The standard InChI is InChI=1S/C21H21NO7/c1-26-15-9-10-18(27-2)14(12-15)8-11-20(24)29-13-19(23)22-17-7-5-4-6-16(17)21(25)28-3/h4-12H,13H2,1-3H3,(H,22,23). The molecule has 1 amide bonds. The van der Waals surface area contributed by atoms with Gasteiger partial charge in [0.15, 0.2) is 6.61 Å². The average Bonchev–Trinajstić information content (AvgIpc) is 2.75. The number of carbonyl (C=O) groups is 3. The fourth-order valence-corrected chi connectivity index (χ4v) is 2.38. The maximum Gasteiger partial charge on any atom is 0.339 e. The zero-order valence-corrected chi connectivity index (χ0v) is 16.3. The van der Waals surface area contributed by atoms with E-state index in [0.29, 0.717) is 17.1 Å². The van der Waals surface area contributed by atoms with Crippen LogP contribution in [0.1, 0.15) is 15.9 Å². The van der Waals surface area contributed by atoms with Crippen molar-refractivity contribution in [2.24, 2.45) is 0 Å². The third-order valence-electron chi connectivity index (χ3n) is 3.79. The molecule has 8 nitrogen and oxygen atoms in total. The predicted octanol–water partition coefficient (Wildman–Crippen LogP) is 2.69. The number of esters is 2. The maximum atomic E-state index is 12.0. The van der Waals surface area contributed by atoms with Crippen LogP contribution in [-0.4, -0.2) is 45.8 Å². The molecule has 29 heavy (non-hydrogen) atoms. The van der Waals surface area contributed by atoms with E-state index < -0.39 is 24.5 Å². The number of amides is 1. The van der Waals surface area contributed by atoms with E-state index in [4.69, 9.17) is 14.2 Å². The highest BCUT2D eigenvalue weighted by molar-refractivity contribution is 6.02. The zero-order valence-electron chi connectivity index (χ0n) is 16.3. The Morgan fingerprint density at radius 1 is 1.00 bits per heavy atom. The van der Waals surface area contributed by atoms with E-state index in [-0.39, 0.29) is 11.3 Å². The molecule has 0 radical (unpaired) electrons. The van der Waals surface area contributed by atoms with Gasteiger partial charge in [0.25, 0.3) is 5.91 Å². The van der Waals surface area contributed by atoms with Crippen LogP contribution < -0.4 is 14.8 Å². The number of nitrogens with one attached hydrogen (secondary N) is 1. The monoisotopic (exact) mass is 399 g/mol. The van der Waals surface area contributed by atoms with Crippen molar-refractivity contribution in [3.63, 3.8) is 0 Å². The third kappa shape index (κ3) is 6.10. The number of methoxy groups -OCH3 is 3. The molecule has 0 spiro atoms. The van der Waals surface area contributed by atoms with E-state index >= 15 is 0 Å². The molecule has 0 saturated carbocycles. The van der Waals surface area contributed by atoms with Gasteiger partial charge in [-0.15, -0.1) is 0 Å². The molecule has 0 heterocycles. The Labute approximate surface area is 168 Å². The summed E-state index contributed by atoms with van der Waals surface area (Å²) in [5.41, 5.74) is 1.07. The molecule has 0 aliphatic rings. The lowest BCUT2D eigenvalue weighted by Crippen LogP contribution is -2.21. The van der Waals surface area contributed by atoms with E-state index in [0.717, 1.165) is 0 Å². The topological polar surface area (TPSA) is 100 Å². The minimum Gasteiger partial charge on any atom is -0.497 e. The largest absolute Gasteiger partial charge is 0.497 e. The SMILES string of the molecule is COC(=O)c1ccccc1NC(=O)COC(=O)C=Cc1cc(OC)ccc1OC. The molecule has 0 aliphatic carbocycles. The third-order valence-corrected chi connectivity index (χ3v) is 3.79. The first-order valence-corrected chi connectivity index (χ1v) is 8.52. The molecule has 8 heteroatoms. The van der Waals surface area contributed by atoms with Crippen molar-refractivity contribution in [1.29, 1.82) is 0 Å². The number of anilines is 1. The second kappa shape index (κ2) is 10.5. The summed E-state index contributed by atoms with van der Waals surface area (Å²) >= 11 is 0. The van der Waals surface area contributed by atoms with Gasteiger partial charge in [-0.25, -0.2) is 9.59 Å². The minimum atomic E-state index is -0.716. The lowest BCUT2D eigenvalue weighted by atomic mass is 10.1. The number of para-hydroxylation sites is 1. The van der Waals surface area contributed by atoms with Crippen LogP contribution in [0.5, 0.6) is 11.5 Å². The molecule has 0 fully saturated rings. The summed E-state index contributed by atoms with van der Waals surface area (Å²) in [6.45, 7) is -0.520. The number of benzene rings is 2. The van der Waals surface area contributed by atoms with E-state index in [9.17, 15) is 14.4 Å². The van der Waals surface area contributed by atoms with Crippen LogP contribution >= 0.6 is 0 Å². The van der Waals surface area contributed by atoms with Crippen molar-refractivity contribution in [2.45, 2.75) is 0 Å². The summed E-state index contributed by atoms with van der Waals surface area (Å²) in [5.74, 6) is -0.754. The van der Waals surface area contributed by atoms with Crippen molar-refractivity contribution in [1.82, 2.24) is 0 Å². The van der Waals surface area contributed by atoms with Gasteiger partial charge in [0.2, 0.25) is 0 Å². The summed E-state index contributed by atoms with van der Waals surface area (Å²) in [6.07, 6.45) is 2.67. The molecule has 0 unspecified atom stereocenters. The van der Waals surface area contributed by atoms with Crippen molar-refractivity contribution in [3.8, 4) is 11.5 Å². The Morgan fingerprint density at radius 2 is 1.76 bits per heavy atom. The highest BCUT2D eigenvalue weighted by Gasteiger charge is 2.14. The molecule has 0 saturated heterocycles. The molecule has 0 aliphatic heterocycles. The average molecular weight is 399 g/mol. The van der Waals surface area contributed by atoms with Crippen molar-refractivity contribution in [3.05, 3.63) is 59.7 Å². The van der Waals surface area contributed by atoms with Crippen LogP contribution in [-0.2, 0) is 19.1 Å². The van der Waals surface area contributed by atoms with Gasteiger partial charge in [0, 0.05) is 11.6 Å². The molecule has 0 aromatic heterocycles. The first-order valence-electron chi connectivity index (χ1n) is 8.52. The Morgan fingerprint density at radius 3 is 2.45 bits per heavy atom. The molecule has 2 aromatic rings. The second-order valence-electron chi connectivity index (χ2n) is 5.63. The Balaban J connectivity index is 1.95. The predicted molar refractivity (Wildman–Crippen MR) is 106 cm³/mol. The minimum absolute atomic E-state index is 0.194. The summed E-state index contributed by atoms with van der Waals surface area (Å²) in [4.78, 5) is 35.7. The first-order chi connectivity index (χ1) is 14.0. The molecule has 2 rings (SSSR count). The fourth-order valence-electron chi connectivity index (χ4n) is 2.38. The van der Waals surface area contributed by atoms with Gasteiger partial charge in [-0.1, -0.05) is 12.1 Å². The van der Waals surface area contributed by atoms with Crippen molar-refractivity contribution < 1.29 is 33.3 Å². The highest BCUT2D eigenvalue weighted by Crippen LogP contribution is 2.25. The number of hydrogen-bond acceptors (Lipinski definition) is 7. The fraction of sp³-hybridized carbons (Fsp3) is 0.190. The lowest BCUT2D eigenvalue weighted by molar-refractivity contribution is -0.142. The summed E-state index contributed by atoms with van der Waals surface area (Å²) < 4.78 is 20.0. The van der Waals surface area contributed by atoms with Gasteiger partial charge in [-0.3, -0.25) is 4.79 Å². The molecule has 0 atom stereocenters. The van der Waals surface area contributed by atoms with Gasteiger partial charge in [0.05, 0.1) is 32.6 Å². The molecule has 2 aromatic carbocycles. The normalized spacial score (nSPS) is 10.3. The van der Waals surface area contributed by atoms with Gasteiger partial charge in [0.1, 0.15) is 11.5 Å². The van der Waals surface area contributed by atoms with Gasteiger partial charge < -0.3 is 24.3 Å². The molecule has 0 bridgehead atoms. The summed E-state index contributed by atoms with van der Waals surface area (Å²) in [5, 5.41) is 2.51. The van der Waals surface area contributed by atoms with Crippen molar-refractivity contribution >= 4 is 29.6 Å². The number of hydrogen-bond donors (Lipinski definition) is 1. The van der Waals surface area contributed by atoms with Crippen LogP contribution in [0.2, 0.25) is 0 Å². The smallest absolute Gasteiger partial charge is 0.339 e. The van der Waals surface area contributed by atoms with Crippen LogP contribution in [0.4, 0.5) is 5.69 Å². The van der Waals surface area contributed by atoms with Crippen molar-refractivity contribution in [2.75, 3.05) is 33.3 Å².